The molecule has 1 amide bonds. The van der Waals surface area contributed by atoms with Crippen LogP contribution in [0.2, 0.25) is 0 Å². The van der Waals surface area contributed by atoms with Crippen molar-refractivity contribution in [1.82, 2.24) is 19.7 Å². The first-order chi connectivity index (χ1) is 20.1. The Morgan fingerprint density at radius 2 is 1.50 bits per heavy atom. The van der Waals surface area contributed by atoms with Gasteiger partial charge in [-0.15, -0.1) is 11.3 Å². The molecule has 0 bridgehead atoms. The van der Waals surface area contributed by atoms with E-state index in [0.29, 0.717) is 49.0 Å². The van der Waals surface area contributed by atoms with Crippen LogP contribution in [0.15, 0.2) is 84.2 Å². The number of rotatable bonds is 13. The molecule has 1 heterocycles. The van der Waals surface area contributed by atoms with Crippen molar-refractivity contribution >= 4 is 17.2 Å². The third-order valence-electron chi connectivity index (χ3n) is 6.68. The van der Waals surface area contributed by atoms with Gasteiger partial charge in [0, 0.05) is 38.1 Å². The average Bonchev–Trinajstić information content (AvgIpc) is 3.44. The summed E-state index contributed by atoms with van der Waals surface area (Å²) in [6, 6.07) is 22.8. The normalized spacial score (nSPS) is 11.7. The summed E-state index contributed by atoms with van der Waals surface area (Å²) >= 11 is 1.38. The topological polar surface area (TPSA) is 48.9 Å². The monoisotopic (exact) mass is 596 g/mol. The van der Waals surface area contributed by atoms with E-state index in [0.717, 1.165) is 22.9 Å². The molecule has 0 N–H and O–H groups in total. The van der Waals surface area contributed by atoms with E-state index in [1.165, 1.54) is 23.5 Å². The Labute approximate surface area is 249 Å². The van der Waals surface area contributed by atoms with Gasteiger partial charge in [-0.25, -0.2) is 4.98 Å². The fourth-order valence-electron chi connectivity index (χ4n) is 4.47. The number of benzene rings is 3. The third kappa shape index (κ3) is 9.14. The van der Waals surface area contributed by atoms with E-state index in [1.54, 1.807) is 23.5 Å². The Bertz CT molecular complexity index is 1430. The minimum atomic E-state index is -4.42. The van der Waals surface area contributed by atoms with Gasteiger partial charge in [-0.1, -0.05) is 60.7 Å². The maximum absolute atomic E-state index is 13.6. The quantitative estimate of drug-likeness (QED) is 0.175. The third-order valence-corrected chi connectivity index (χ3v) is 7.51. The highest BCUT2D eigenvalue weighted by Gasteiger charge is 2.30. The molecule has 0 aliphatic rings. The molecule has 0 saturated heterocycles. The molecule has 3 aromatic carbocycles. The van der Waals surface area contributed by atoms with Crippen molar-refractivity contribution in [2.24, 2.45) is 0 Å². The Morgan fingerprint density at radius 3 is 2.17 bits per heavy atom. The lowest BCUT2D eigenvalue weighted by molar-refractivity contribution is -0.137. The molecule has 0 fully saturated rings. The molecule has 4 aromatic rings. The maximum Gasteiger partial charge on any atom is 0.416 e. The van der Waals surface area contributed by atoms with Crippen molar-refractivity contribution in [3.8, 4) is 5.75 Å². The van der Waals surface area contributed by atoms with Crippen LogP contribution in [0.1, 0.15) is 37.7 Å². The second kappa shape index (κ2) is 14.4. The fraction of sp³-hybridized carbons (Fsp3) is 0.312. The van der Waals surface area contributed by atoms with Gasteiger partial charge in [0.1, 0.15) is 16.5 Å². The van der Waals surface area contributed by atoms with Gasteiger partial charge in [-0.05, 0) is 49.0 Å². The van der Waals surface area contributed by atoms with Crippen LogP contribution >= 0.6 is 11.3 Å². The number of nitrogens with zero attached hydrogens (tertiary/aromatic N) is 4. The Balaban J connectivity index is 1.54. The standard InChI is InChI=1S/C32H35F3N4O2S/c1-37(2)16-17-39(21-24-8-5-4-6-9-24)31(40)29-23-42-30(36-29)22-38(19-25-12-14-28(41-3)15-13-25)20-26-10-7-11-27(18-26)32(33,34)35/h4-15,18,23H,16-17,19-22H2,1-3H3. The van der Waals surface area contributed by atoms with Crippen LogP contribution in [0.25, 0.3) is 0 Å². The van der Waals surface area contributed by atoms with Gasteiger partial charge < -0.3 is 14.5 Å². The molecule has 0 atom stereocenters. The predicted molar refractivity (Wildman–Crippen MR) is 159 cm³/mol. The molecule has 1 aromatic heterocycles. The zero-order valence-corrected chi connectivity index (χ0v) is 24.8. The summed E-state index contributed by atoms with van der Waals surface area (Å²) in [4.78, 5) is 24.1. The number of amides is 1. The highest BCUT2D eigenvalue weighted by molar-refractivity contribution is 7.09. The Morgan fingerprint density at radius 1 is 0.833 bits per heavy atom. The van der Waals surface area contributed by atoms with E-state index in [9.17, 15) is 18.0 Å². The van der Waals surface area contributed by atoms with Crippen molar-refractivity contribution in [1.29, 1.82) is 0 Å². The van der Waals surface area contributed by atoms with Crippen molar-refractivity contribution in [2.45, 2.75) is 32.4 Å². The minimum Gasteiger partial charge on any atom is -0.497 e. The predicted octanol–water partition coefficient (Wildman–Crippen LogP) is 6.58. The molecule has 0 aliphatic heterocycles. The number of carbonyl (C=O) groups excluding carboxylic acids is 1. The van der Waals surface area contributed by atoms with E-state index in [2.05, 4.69) is 4.98 Å². The highest BCUT2D eigenvalue weighted by atomic mass is 32.1. The summed E-state index contributed by atoms with van der Waals surface area (Å²) in [6.07, 6.45) is -4.42. The first-order valence-corrected chi connectivity index (χ1v) is 14.4. The molecule has 42 heavy (non-hydrogen) atoms. The number of likely N-dealkylation sites (N-methyl/N-ethyl adjacent to an activating group) is 1. The summed E-state index contributed by atoms with van der Waals surface area (Å²) in [6.45, 7) is 2.86. The van der Waals surface area contributed by atoms with Crippen LogP contribution in [0.3, 0.4) is 0 Å². The molecule has 0 aliphatic carbocycles. The van der Waals surface area contributed by atoms with E-state index < -0.39 is 11.7 Å². The molecule has 0 unspecified atom stereocenters. The van der Waals surface area contributed by atoms with E-state index in [-0.39, 0.29) is 12.5 Å². The smallest absolute Gasteiger partial charge is 0.416 e. The number of thiazole rings is 1. The van der Waals surface area contributed by atoms with Crippen molar-refractivity contribution < 1.29 is 22.7 Å². The van der Waals surface area contributed by atoms with Crippen molar-refractivity contribution in [3.63, 3.8) is 0 Å². The summed E-state index contributed by atoms with van der Waals surface area (Å²) in [5.74, 6) is 0.573. The SMILES string of the molecule is COc1ccc(CN(Cc2cccc(C(F)(F)F)c2)Cc2nc(C(=O)N(CCN(C)C)Cc3ccccc3)cs2)cc1. The number of carbonyl (C=O) groups is 1. The lowest BCUT2D eigenvalue weighted by atomic mass is 10.1. The highest BCUT2D eigenvalue weighted by Crippen LogP contribution is 2.30. The summed E-state index contributed by atoms with van der Waals surface area (Å²) < 4.78 is 45.4. The van der Waals surface area contributed by atoms with E-state index in [4.69, 9.17) is 4.74 Å². The number of hydrogen-bond donors (Lipinski definition) is 0. The molecular weight excluding hydrogens is 561 g/mol. The van der Waals surface area contributed by atoms with Crippen LogP contribution in [-0.4, -0.2) is 59.9 Å². The fourth-order valence-corrected chi connectivity index (χ4v) is 5.28. The molecule has 10 heteroatoms. The zero-order valence-electron chi connectivity index (χ0n) is 24.0. The number of hydrogen-bond acceptors (Lipinski definition) is 6. The van der Waals surface area contributed by atoms with Gasteiger partial charge in [-0.2, -0.15) is 13.2 Å². The average molecular weight is 597 g/mol. The summed E-state index contributed by atoms with van der Waals surface area (Å²) in [7, 11) is 5.53. The lowest BCUT2D eigenvalue weighted by Crippen LogP contribution is -2.36. The molecular formula is C32H35F3N4O2S. The number of alkyl halides is 3. The van der Waals surface area contributed by atoms with Gasteiger partial charge in [0.2, 0.25) is 0 Å². The number of methoxy groups -OCH3 is 1. The van der Waals surface area contributed by atoms with Gasteiger partial charge >= 0.3 is 6.18 Å². The first kappa shape index (κ1) is 31.2. The van der Waals surface area contributed by atoms with Crippen molar-refractivity contribution in [2.75, 3.05) is 34.3 Å². The lowest BCUT2D eigenvalue weighted by Gasteiger charge is -2.24. The van der Waals surface area contributed by atoms with Gasteiger partial charge in [0.15, 0.2) is 0 Å². The summed E-state index contributed by atoms with van der Waals surface area (Å²) in [5.41, 5.74) is 2.25. The van der Waals surface area contributed by atoms with Gasteiger partial charge in [-0.3, -0.25) is 9.69 Å². The van der Waals surface area contributed by atoms with E-state index in [1.807, 2.05) is 78.5 Å². The second-order valence-corrected chi connectivity index (χ2v) is 11.3. The molecule has 222 valence electrons. The van der Waals surface area contributed by atoms with Crippen LogP contribution < -0.4 is 4.74 Å². The van der Waals surface area contributed by atoms with Crippen LogP contribution in [0.5, 0.6) is 5.75 Å². The van der Waals surface area contributed by atoms with Crippen LogP contribution in [-0.2, 0) is 32.4 Å². The molecule has 0 saturated carbocycles. The van der Waals surface area contributed by atoms with Crippen molar-refractivity contribution in [3.05, 3.63) is 117 Å². The van der Waals surface area contributed by atoms with E-state index >= 15 is 0 Å². The van der Waals surface area contributed by atoms with Crippen LogP contribution in [0.4, 0.5) is 13.2 Å². The molecule has 6 nitrogen and oxygen atoms in total. The maximum atomic E-state index is 13.6. The zero-order chi connectivity index (χ0) is 30.1. The van der Waals surface area contributed by atoms with Gasteiger partial charge in [0.05, 0.1) is 19.2 Å². The molecule has 0 spiro atoms. The Kier molecular flexibility index (Phi) is 10.7. The van der Waals surface area contributed by atoms with Gasteiger partial charge in [0.25, 0.3) is 5.91 Å². The van der Waals surface area contributed by atoms with Crippen LogP contribution in [0, 0.1) is 0 Å². The second-order valence-electron chi connectivity index (χ2n) is 10.3. The summed E-state index contributed by atoms with van der Waals surface area (Å²) in [5, 5.41) is 2.48. The Hall–Kier alpha value is -3.73. The number of aromatic nitrogens is 1. The molecule has 0 radical (unpaired) electrons. The first-order valence-electron chi connectivity index (χ1n) is 13.5. The largest absolute Gasteiger partial charge is 0.497 e. The molecule has 4 rings (SSSR count). The number of halogens is 3. The number of ether oxygens (including phenoxy) is 1. The minimum absolute atomic E-state index is 0.150.